The van der Waals surface area contributed by atoms with Gasteiger partial charge in [0.15, 0.2) is 5.82 Å². The van der Waals surface area contributed by atoms with Crippen molar-refractivity contribution in [3.8, 4) is 0 Å². The van der Waals surface area contributed by atoms with E-state index >= 15 is 0 Å². The zero-order chi connectivity index (χ0) is 19.0. The Morgan fingerprint density at radius 3 is 2.48 bits per heavy atom. The molecule has 29 heavy (non-hydrogen) atoms. The largest absolute Gasteiger partial charge is 0.320 e. The molecule has 1 saturated heterocycles. The van der Waals surface area contributed by atoms with Crippen molar-refractivity contribution in [3.05, 3.63) is 48.2 Å². The summed E-state index contributed by atoms with van der Waals surface area (Å²) in [7, 11) is 2.09. The average Bonchev–Trinajstić information content (AvgIpc) is 2.81. The molecule has 0 aliphatic carbocycles. The quantitative estimate of drug-likeness (QED) is 0.781. The van der Waals surface area contributed by atoms with Gasteiger partial charge in [0, 0.05) is 32.4 Å². The van der Waals surface area contributed by atoms with Gasteiger partial charge >= 0.3 is 0 Å². The number of hydrogen-bond donors (Lipinski definition) is 1. The molecule has 0 spiro atoms. The van der Waals surface area contributed by atoms with E-state index in [1.165, 1.54) is 0 Å². The molecule has 1 unspecified atom stereocenters. The highest BCUT2D eigenvalue weighted by molar-refractivity contribution is 6.17. The number of aromatic nitrogens is 1. The Bertz CT molecular complexity index is 887. The fraction of sp³-hybridized carbons (Fsp3) is 0.350. The van der Waals surface area contributed by atoms with Crippen LogP contribution in [-0.4, -0.2) is 65.9 Å². The molecule has 156 valence electrons. The summed E-state index contributed by atoms with van der Waals surface area (Å²) in [6.07, 6.45) is 1.61. The molecule has 1 atom stereocenters. The van der Waals surface area contributed by atoms with E-state index in [9.17, 15) is 9.59 Å². The molecule has 1 aromatic heterocycles. The number of amides is 2. The summed E-state index contributed by atoms with van der Waals surface area (Å²) >= 11 is 0. The van der Waals surface area contributed by atoms with E-state index in [2.05, 4.69) is 27.1 Å². The van der Waals surface area contributed by atoms with Crippen molar-refractivity contribution in [1.29, 1.82) is 0 Å². The number of nitrogens with one attached hydrogen (secondary N) is 1. The van der Waals surface area contributed by atoms with Gasteiger partial charge in [0.2, 0.25) is 5.91 Å². The number of carbonyl (C=O) groups is 2. The molecule has 2 aromatic rings. The van der Waals surface area contributed by atoms with Gasteiger partial charge in [0.05, 0.1) is 23.0 Å². The minimum absolute atomic E-state index is 0. The Kier molecular flexibility index (Phi) is 7.60. The highest BCUT2D eigenvalue weighted by atomic mass is 35.5. The molecule has 1 fully saturated rings. The Hall–Kier alpha value is -2.19. The van der Waals surface area contributed by atoms with Crippen molar-refractivity contribution >= 4 is 53.8 Å². The van der Waals surface area contributed by atoms with Crippen molar-refractivity contribution in [2.24, 2.45) is 0 Å². The van der Waals surface area contributed by atoms with Crippen LogP contribution in [0.4, 0.5) is 17.2 Å². The molecular formula is C20H25Cl2N5O2. The molecule has 0 bridgehead atoms. The molecule has 2 amide bonds. The number of likely N-dealkylation sites (N-methyl/N-ethyl adjacent to an activating group) is 1. The van der Waals surface area contributed by atoms with Crippen LogP contribution in [0.3, 0.4) is 0 Å². The van der Waals surface area contributed by atoms with Crippen LogP contribution in [0.2, 0.25) is 0 Å². The third-order valence-corrected chi connectivity index (χ3v) is 5.30. The number of benzene rings is 1. The standard InChI is InChI=1S/C20H23N5O2.2ClH/c1-14(24-12-10-23(2)11-13-24)20(27)25-17-8-4-3-7-16(17)22-19(26)15-6-5-9-21-18(15)25;;/h3-9,14H,10-13H2,1-2H3,(H,22,26);2*1H. The van der Waals surface area contributed by atoms with Gasteiger partial charge in [-0.3, -0.25) is 19.4 Å². The number of carbonyl (C=O) groups excluding carboxylic acids is 2. The number of hydrogen-bond acceptors (Lipinski definition) is 5. The number of rotatable bonds is 2. The smallest absolute Gasteiger partial charge is 0.259 e. The highest BCUT2D eigenvalue weighted by Crippen LogP contribution is 2.37. The molecule has 7 nitrogen and oxygen atoms in total. The molecule has 1 aromatic carbocycles. The lowest BCUT2D eigenvalue weighted by Crippen LogP contribution is -2.53. The monoisotopic (exact) mass is 437 g/mol. The minimum Gasteiger partial charge on any atom is -0.320 e. The van der Waals surface area contributed by atoms with E-state index < -0.39 is 0 Å². The molecular weight excluding hydrogens is 413 g/mol. The first-order valence-electron chi connectivity index (χ1n) is 9.18. The number of para-hydroxylation sites is 2. The maximum absolute atomic E-state index is 13.6. The van der Waals surface area contributed by atoms with E-state index in [-0.39, 0.29) is 42.7 Å². The Morgan fingerprint density at radius 1 is 1.07 bits per heavy atom. The summed E-state index contributed by atoms with van der Waals surface area (Å²) in [6, 6.07) is 10.4. The summed E-state index contributed by atoms with van der Waals surface area (Å²) in [6.45, 7) is 5.47. The lowest BCUT2D eigenvalue weighted by molar-refractivity contribution is -0.123. The Morgan fingerprint density at radius 2 is 1.76 bits per heavy atom. The molecule has 3 heterocycles. The molecule has 2 aliphatic heterocycles. The fourth-order valence-electron chi connectivity index (χ4n) is 3.61. The third kappa shape index (κ3) is 4.38. The van der Waals surface area contributed by atoms with Crippen LogP contribution >= 0.6 is 24.8 Å². The van der Waals surface area contributed by atoms with Gasteiger partial charge in [-0.2, -0.15) is 0 Å². The van der Waals surface area contributed by atoms with Crippen molar-refractivity contribution < 1.29 is 9.59 Å². The number of nitrogens with zero attached hydrogens (tertiary/aromatic N) is 4. The van der Waals surface area contributed by atoms with E-state index in [4.69, 9.17) is 0 Å². The van der Waals surface area contributed by atoms with Gasteiger partial charge in [0.1, 0.15) is 0 Å². The van der Waals surface area contributed by atoms with Gasteiger partial charge in [-0.05, 0) is 38.2 Å². The molecule has 0 radical (unpaired) electrons. The lowest BCUT2D eigenvalue weighted by Gasteiger charge is -2.37. The number of fused-ring (bicyclic) bond motifs is 2. The second-order valence-electron chi connectivity index (χ2n) is 7.03. The zero-order valence-corrected chi connectivity index (χ0v) is 18.0. The first-order chi connectivity index (χ1) is 13.1. The van der Waals surface area contributed by atoms with Gasteiger partial charge in [0.25, 0.3) is 5.91 Å². The number of piperazine rings is 1. The molecule has 4 rings (SSSR count). The van der Waals surface area contributed by atoms with Crippen molar-refractivity contribution in [3.63, 3.8) is 0 Å². The number of pyridine rings is 1. The number of anilines is 3. The van der Waals surface area contributed by atoms with Crippen molar-refractivity contribution in [1.82, 2.24) is 14.8 Å². The SMILES string of the molecule is CC(C(=O)N1c2ccccc2NC(=O)c2cccnc21)N1CCN(C)CC1.Cl.Cl. The van der Waals surface area contributed by atoms with Gasteiger partial charge in [-0.25, -0.2) is 4.98 Å². The van der Waals surface area contributed by atoms with Crippen molar-refractivity contribution in [2.45, 2.75) is 13.0 Å². The number of halogens is 2. The zero-order valence-electron chi connectivity index (χ0n) is 16.4. The van der Waals surface area contributed by atoms with Crippen LogP contribution < -0.4 is 10.2 Å². The Balaban J connectivity index is 0.00000150. The fourth-order valence-corrected chi connectivity index (χ4v) is 3.61. The molecule has 2 aliphatic rings. The highest BCUT2D eigenvalue weighted by Gasteiger charge is 2.35. The summed E-state index contributed by atoms with van der Waals surface area (Å²) in [5, 5.41) is 2.89. The second kappa shape index (κ2) is 9.54. The van der Waals surface area contributed by atoms with Crippen LogP contribution in [0.15, 0.2) is 42.6 Å². The normalized spacial score (nSPS) is 17.6. The first kappa shape index (κ1) is 23.1. The van der Waals surface area contributed by atoms with E-state index in [0.29, 0.717) is 22.8 Å². The van der Waals surface area contributed by atoms with Crippen LogP contribution in [0.1, 0.15) is 17.3 Å². The maximum atomic E-state index is 13.6. The third-order valence-electron chi connectivity index (χ3n) is 5.30. The minimum atomic E-state index is -0.310. The van der Waals surface area contributed by atoms with Crippen molar-refractivity contribution in [2.75, 3.05) is 43.4 Å². The summed E-state index contributed by atoms with van der Waals surface area (Å²) < 4.78 is 0. The van der Waals surface area contributed by atoms with Crippen LogP contribution in [-0.2, 0) is 4.79 Å². The maximum Gasteiger partial charge on any atom is 0.259 e. The van der Waals surface area contributed by atoms with E-state index in [1.54, 1.807) is 29.3 Å². The first-order valence-corrected chi connectivity index (χ1v) is 9.18. The van der Waals surface area contributed by atoms with Gasteiger partial charge in [-0.1, -0.05) is 12.1 Å². The summed E-state index contributed by atoms with van der Waals surface area (Å²) in [5.41, 5.74) is 1.65. The topological polar surface area (TPSA) is 68.8 Å². The van der Waals surface area contributed by atoms with Gasteiger partial charge in [-0.15, -0.1) is 24.8 Å². The predicted molar refractivity (Wildman–Crippen MR) is 119 cm³/mol. The molecule has 0 saturated carbocycles. The van der Waals surface area contributed by atoms with Crippen LogP contribution in [0, 0.1) is 0 Å². The summed E-state index contributed by atoms with van der Waals surface area (Å²) in [5.74, 6) is 0.0440. The average molecular weight is 438 g/mol. The van der Waals surface area contributed by atoms with Crippen LogP contribution in [0.25, 0.3) is 0 Å². The van der Waals surface area contributed by atoms with Gasteiger partial charge < -0.3 is 10.2 Å². The second-order valence-corrected chi connectivity index (χ2v) is 7.03. The Labute approximate surface area is 182 Å². The summed E-state index contributed by atoms with van der Waals surface area (Å²) in [4.78, 5) is 36.6. The van der Waals surface area contributed by atoms with E-state index in [0.717, 1.165) is 26.2 Å². The predicted octanol–water partition coefficient (Wildman–Crippen LogP) is 2.79. The molecule has 9 heteroatoms. The lowest BCUT2D eigenvalue weighted by atomic mass is 10.1. The van der Waals surface area contributed by atoms with Crippen LogP contribution in [0.5, 0.6) is 0 Å². The molecule has 1 N–H and O–H groups in total. The van der Waals surface area contributed by atoms with E-state index in [1.807, 2.05) is 25.1 Å².